The number of hydrogen-bond acceptors (Lipinski definition) is 2. The minimum Gasteiger partial charge on any atom is -0.368 e. The van der Waals surface area contributed by atoms with Crippen molar-refractivity contribution in [2.45, 2.75) is 38.9 Å². The van der Waals surface area contributed by atoms with Crippen molar-refractivity contribution in [3.05, 3.63) is 68.7 Å². The molecule has 2 aromatic carbocycles. The van der Waals surface area contributed by atoms with Crippen LogP contribution >= 0.6 is 23.2 Å². The minimum atomic E-state index is -0.291. The molecule has 0 aromatic heterocycles. The molecule has 0 N–H and O–H groups in total. The monoisotopic (exact) mass is 414 g/mol. The lowest BCUT2D eigenvalue weighted by molar-refractivity contribution is 0.0800. The summed E-state index contributed by atoms with van der Waals surface area (Å²) >= 11 is 13.5. The summed E-state index contributed by atoms with van der Waals surface area (Å²) < 4.78 is 12.4. The van der Waals surface area contributed by atoms with Crippen molar-refractivity contribution in [3.63, 3.8) is 0 Å². The first-order chi connectivity index (χ1) is 13.7. The van der Waals surface area contributed by atoms with E-state index in [2.05, 4.69) is 38.1 Å². The molecule has 2 atom stereocenters. The Hall–Kier alpha value is -1.58. The molecule has 0 bridgehead atoms. The van der Waals surface area contributed by atoms with Gasteiger partial charge in [-0.3, -0.25) is 0 Å². The average molecular weight is 415 g/mol. The second-order valence-corrected chi connectivity index (χ2v) is 8.06. The van der Waals surface area contributed by atoms with E-state index < -0.39 is 0 Å². The van der Waals surface area contributed by atoms with E-state index in [-0.39, 0.29) is 12.2 Å². The second-order valence-electron chi connectivity index (χ2n) is 7.18. The number of rotatable bonds is 6. The number of ether oxygens (including phenoxy) is 2. The molecule has 0 aliphatic heterocycles. The minimum absolute atomic E-state index is 0.291. The summed E-state index contributed by atoms with van der Waals surface area (Å²) in [5.41, 5.74) is 6.58. The fourth-order valence-corrected chi connectivity index (χ4v) is 4.58. The van der Waals surface area contributed by atoms with E-state index in [9.17, 15) is 0 Å². The van der Waals surface area contributed by atoms with Crippen molar-refractivity contribution < 1.29 is 9.47 Å². The Balaban J connectivity index is 2.01. The average Bonchev–Trinajstić information content (AvgIpc) is 2.89. The summed E-state index contributed by atoms with van der Waals surface area (Å²) in [6.45, 7) is 5.50. The van der Waals surface area contributed by atoms with Gasteiger partial charge < -0.3 is 9.47 Å². The van der Waals surface area contributed by atoms with Crippen LogP contribution in [0.5, 0.6) is 0 Å². The topological polar surface area (TPSA) is 18.5 Å². The van der Waals surface area contributed by atoms with Gasteiger partial charge in [0, 0.05) is 13.2 Å². The van der Waals surface area contributed by atoms with Gasteiger partial charge in [0.1, 0.15) is 12.2 Å². The van der Waals surface area contributed by atoms with Crippen molar-refractivity contribution in [2.24, 2.45) is 0 Å². The third kappa shape index (κ3) is 3.44. The van der Waals surface area contributed by atoms with Crippen LogP contribution in [-0.2, 0) is 9.47 Å². The molecule has 0 saturated carbocycles. The summed E-state index contributed by atoms with van der Waals surface area (Å²) in [4.78, 5) is 0. The molecule has 2 aliphatic carbocycles. The van der Waals surface area contributed by atoms with Gasteiger partial charge in [0.15, 0.2) is 0 Å². The highest BCUT2D eigenvalue weighted by molar-refractivity contribution is 6.33. The van der Waals surface area contributed by atoms with E-state index in [1.807, 2.05) is 24.3 Å². The van der Waals surface area contributed by atoms with Gasteiger partial charge in [-0.15, -0.1) is 0 Å². The van der Waals surface area contributed by atoms with E-state index in [4.69, 9.17) is 32.7 Å². The summed E-state index contributed by atoms with van der Waals surface area (Å²) in [6.07, 6.45) is 5.34. The fraction of sp³-hybridized carbons (Fsp3) is 0.333. The zero-order valence-electron chi connectivity index (χ0n) is 16.2. The van der Waals surface area contributed by atoms with E-state index in [1.165, 1.54) is 0 Å². The van der Waals surface area contributed by atoms with Gasteiger partial charge in [-0.25, -0.2) is 0 Å². The number of benzene rings is 2. The standard InChI is InChI=1S/C24H24Cl2O2/c1-3-11-27-23-17-9-6-10-18-22(17)21-15(13-19(23)25)7-5-8-16(21)14-20(26)24(18)28-12-4-2/h5-10,13-14,23-24H,3-4,11-12H2,1-2H3/t23-,24+. The smallest absolute Gasteiger partial charge is 0.119 e. The van der Waals surface area contributed by atoms with Crippen LogP contribution in [0.1, 0.15) is 61.2 Å². The van der Waals surface area contributed by atoms with Crippen LogP contribution in [0.2, 0.25) is 0 Å². The highest BCUT2D eigenvalue weighted by Crippen LogP contribution is 2.50. The summed E-state index contributed by atoms with van der Waals surface area (Å²) in [5, 5.41) is 1.40. The van der Waals surface area contributed by atoms with Gasteiger partial charge in [0.05, 0.1) is 10.1 Å². The van der Waals surface area contributed by atoms with Crippen molar-refractivity contribution >= 4 is 35.4 Å². The molecule has 0 amide bonds. The maximum Gasteiger partial charge on any atom is 0.119 e. The lowest BCUT2D eigenvalue weighted by Gasteiger charge is -2.24. The normalized spacial score (nSPS) is 20.0. The zero-order valence-corrected chi connectivity index (χ0v) is 17.7. The molecule has 4 heteroatoms. The summed E-state index contributed by atoms with van der Waals surface area (Å²) in [7, 11) is 0. The molecule has 0 unspecified atom stereocenters. The van der Waals surface area contributed by atoms with E-state index >= 15 is 0 Å². The maximum absolute atomic E-state index is 6.76. The Kier molecular flexibility index (Phi) is 5.93. The Bertz CT molecular complexity index is 877. The molecular formula is C24H24Cl2O2. The number of hydrogen-bond donors (Lipinski definition) is 0. The lowest BCUT2D eigenvalue weighted by Crippen LogP contribution is -2.11. The van der Waals surface area contributed by atoms with Gasteiger partial charge in [0.2, 0.25) is 0 Å². The predicted octanol–water partition coefficient (Wildman–Crippen LogP) is 7.48. The Morgan fingerprint density at radius 1 is 0.714 bits per heavy atom. The zero-order chi connectivity index (χ0) is 19.7. The number of halogens is 2. The van der Waals surface area contributed by atoms with Gasteiger partial charge >= 0.3 is 0 Å². The largest absolute Gasteiger partial charge is 0.368 e. The van der Waals surface area contributed by atoms with Crippen LogP contribution < -0.4 is 0 Å². The first kappa shape index (κ1) is 19.7. The molecule has 146 valence electrons. The summed E-state index contributed by atoms with van der Waals surface area (Å²) in [5.74, 6) is 0. The van der Waals surface area contributed by atoms with Crippen molar-refractivity contribution in [1.29, 1.82) is 0 Å². The molecule has 0 spiro atoms. The SMILES string of the molecule is CCCO[C@@H]1C(Cl)=Cc2cccc3c2-c2c1cccc2[C@@H](OCCC)C(Cl)=C3. The molecule has 0 saturated heterocycles. The van der Waals surface area contributed by atoms with Crippen molar-refractivity contribution in [3.8, 4) is 11.1 Å². The van der Waals surface area contributed by atoms with Crippen LogP contribution in [0.4, 0.5) is 0 Å². The van der Waals surface area contributed by atoms with Crippen molar-refractivity contribution in [2.75, 3.05) is 13.2 Å². The molecule has 0 fully saturated rings. The van der Waals surface area contributed by atoms with Crippen LogP contribution in [0.3, 0.4) is 0 Å². The Morgan fingerprint density at radius 3 is 1.64 bits per heavy atom. The molecule has 0 heterocycles. The first-order valence-corrected chi connectivity index (χ1v) is 10.6. The van der Waals surface area contributed by atoms with E-state index in [0.29, 0.717) is 23.3 Å². The molecule has 0 radical (unpaired) electrons. The summed E-state index contributed by atoms with van der Waals surface area (Å²) in [6, 6.07) is 12.5. The van der Waals surface area contributed by atoms with Crippen molar-refractivity contribution in [1.82, 2.24) is 0 Å². The Labute approximate surface area is 176 Å². The third-order valence-electron chi connectivity index (χ3n) is 5.14. The van der Waals surface area contributed by atoms with Crippen LogP contribution in [0.15, 0.2) is 46.5 Å². The van der Waals surface area contributed by atoms with E-state index in [0.717, 1.165) is 46.2 Å². The second kappa shape index (κ2) is 8.42. The van der Waals surface area contributed by atoms with Gasteiger partial charge in [-0.05, 0) is 58.4 Å². The fourth-order valence-electron chi connectivity index (χ4n) is 3.99. The van der Waals surface area contributed by atoms with Crippen LogP contribution in [-0.4, -0.2) is 13.2 Å². The molecule has 2 nitrogen and oxygen atoms in total. The molecular weight excluding hydrogens is 391 g/mol. The highest BCUT2D eigenvalue weighted by Gasteiger charge is 2.32. The molecule has 2 aromatic rings. The lowest BCUT2D eigenvalue weighted by atomic mass is 9.88. The van der Waals surface area contributed by atoms with Gasteiger partial charge in [-0.2, -0.15) is 0 Å². The van der Waals surface area contributed by atoms with Gasteiger partial charge in [-0.1, -0.05) is 73.4 Å². The highest BCUT2D eigenvalue weighted by atomic mass is 35.5. The quantitative estimate of drug-likeness (QED) is 0.487. The van der Waals surface area contributed by atoms with Crippen LogP contribution in [0, 0.1) is 0 Å². The molecule has 2 aliphatic rings. The maximum atomic E-state index is 6.76. The molecule has 28 heavy (non-hydrogen) atoms. The molecule has 4 rings (SSSR count). The first-order valence-electron chi connectivity index (χ1n) is 9.89. The third-order valence-corrected chi connectivity index (χ3v) is 5.75. The predicted molar refractivity (Wildman–Crippen MR) is 118 cm³/mol. The van der Waals surface area contributed by atoms with E-state index in [1.54, 1.807) is 0 Å². The Morgan fingerprint density at radius 2 is 1.18 bits per heavy atom. The van der Waals surface area contributed by atoms with Gasteiger partial charge in [0.25, 0.3) is 0 Å². The van der Waals surface area contributed by atoms with Crippen LogP contribution in [0.25, 0.3) is 23.3 Å².